The van der Waals surface area contributed by atoms with E-state index in [0.717, 1.165) is 17.5 Å². The summed E-state index contributed by atoms with van der Waals surface area (Å²) in [4.78, 5) is 26.1. The number of halogens is 3. The number of alkyl halides is 3. The number of rotatable bonds is 6. The average molecular weight is 384 g/mol. The Morgan fingerprint density at radius 2 is 1.67 bits per heavy atom. The summed E-state index contributed by atoms with van der Waals surface area (Å²) < 4.78 is 42.5. The van der Waals surface area contributed by atoms with E-state index >= 15 is 0 Å². The van der Waals surface area contributed by atoms with Crippen molar-refractivity contribution in [1.82, 2.24) is 9.80 Å². The van der Waals surface area contributed by atoms with Gasteiger partial charge in [-0.3, -0.25) is 9.59 Å². The minimum Gasteiger partial charge on any atom is -0.459 e. The van der Waals surface area contributed by atoms with Crippen molar-refractivity contribution < 1.29 is 32.3 Å². The SMILES string of the molecule is CN(CCN(C)C(=O)C(O)C(F)(F)F)C(=O)c1occc1-c1ccccc1. The molecular formula is C18H19F3N2O4. The molecule has 1 N–H and O–H groups in total. The van der Waals surface area contributed by atoms with Crippen LogP contribution in [-0.2, 0) is 4.79 Å². The van der Waals surface area contributed by atoms with Gasteiger partial charge < -0.3 is 19.3 Å². The molecule has 0 spiro atoms. The first-order valence-corrected chi connectivity index (χ1v) is 8.01. The second kappa shape index (κ2) is 8.26. The molecule has 1 aromatic carbocycles. The van der Waals surface area contributed by atoms with Crippen LogP contribution in [0.1, 0.15) is 10.6 Å². The van der Waals surface area contributed by atoms with Crippen molar-refractivity contribution in [3.05, 3.63) is 48.4 Å². The van der Waals surface area contributed by atoms with Crippen LogP contribution >= 0.6 is 0 Å². The van der Waals surface area contributed by atoms with E-state index in [1.165, 1.54) is 18.2 Å². The molecule has 1 unspecified atom stereocenters. The summed E-state index contributed by atoms with van der Waals surface area (Å²) in [6, 6.07) is 10.7. The molecule has 0 saturated carbocycles. The van der Waals surface area contributed by atoms with Gasteiger partial charge in [-0.2, -0.15) is 13.2 Å². The number of carbonyl (C=O) groups is 2. The van der Waals surface area contributed by atoms with Crippen LogP contribution in [0.2, 0.25) is 0 Å². The first-order valence-electron chi connectivity index (χ1n) is 8.01. The quantitative estimate of drug-likeness (QED) is 0.830. The van der Waals surface area contributed by atoms with Gasteiger partial charge in [0.2, 0.25) is 6.10 Å². The zero-order chi connectivity index (χ0) is 20.2. The lowest BCUT2D eigenvalue weighted by Crippen LogP contribution is -2.47. The number of furan rings is 1. The highest BCUT2D eigenvalue weighted by molar-refractivity contribution is 5.98. The number of carbonyl (C=O) groups excluding carboxylic acids is 2. The molecule has 146 valence electrons. The molecule has 0 aliphatic heterocycles. The number of benzene rings is 1. The topological polar surface area (TPSA) is 74.0 Å². The van der Waals surface area contributed by atoms with Gasteiger partial charge in [0.25, 0.3) is 11.8 Å². The lowest BCUT2D eigenvalue weighted by molar-refractivity contribution is -0.210. The van der Waals surface area contributed by atoms with Gasteiger partial charge in [-0.25, -0.2) is 0 Å². The number of hydrogen-bond acceptors (Lipinski definition) is 4. The van der Waals surface area contributed by atoms with E-state index in [1.54, 1.807) is 6.07 Å². The zero-order valence-corrected chi connectivity index (χ0v) is 14.7. The second-order valence-corrected chi connectivity index (χ2v) is 5.96. The second-order valence-electron chi connectivity index (χ2n) is 5.96. The first kappa shape index (κ1) is 20.5. The van der Waals surface area contributed by atoms with Crippen LogP contribution in [0.4, 0.5) is 13.2 Å². The summed E-state index contributed by atoms with van der Waals surface area (Å²) >= 11 is 0. The largest absolute Gasteiger partial charge is 0.459 e. The fourth-order valence-corrected chi connectivity index (χ4v) is 2.35. The Morgan fingerprint density at radius 1 is 1.07 bits per heavy atom. The van der Waals surface area contributed by atoms with Gasteiger partial charge in [-0.05, 0) is 11.6 Å². The highest BCUT2D eigenvalue weighted by Crippen LogP contribution is 2.25. The van der Waals surface area contributed by atoms with Crippen LogP contribution in [0.3, 0.4) is 0 Å². The van der Waals surface area contributed by atoms with E-state index in [1.807, 2.05) is 30.3 Å². The molecule has 0 aliphatic carbocycles. The highest BCUT2D eigenvalue weighted by atomic mass is 19.4. The molecule has 2 amide bonds. The maximum absolute atomic E-state index is 12.6. The molecule has 6 nitrogen and oxygen atoms in total. The molecule has 1 aromatic heterocycles. The molecule has 9 heteroatoms. The maximum Gasteiger partial charge on any atom is 0.423 e. The van der Waals surface area contributed by atoms with Crippen molar-refractivity contribution in [2.45, 2.75) is 12.3 Å². The third-order valence-electron chi connectivity index (χ3n) is 3.98. The van der Waals surface area contributed by atoms with E-state index in [0.29, 0.717) is 5.56 Å². The monoisotopic (exact) mass is 384 g/mol. The molecule has 1 atom stereocenters. The van der Waals surface area contributed by atoms with E-state index < -0.39 is 24.1 Å². The smallest absolute Gasteiger partial charge is 0.423 e. The van der Waals surface area contributed by atoms with Gasteiger partial charge in [0.15, 0.2) is 5.76 Å². The summed E-state index contributed by atoms with van der Waals surface area (Å²) in [5.41, 5.74) is 1.37. The third-order valence-corrected chi connectivity index (χ3v) is 3.98. The molecule has 0 bridgehead atoms. The van der Waals surface area contributed by atoms with Gasteiger partial charge in [-0.15, -0.1) is 0 Å². The minimum absolute atomic E-state index is 0.0411. The Balaban J connectivity index is 2.01. The van der Waals surface area contributed by atoms with Crippen molar-refractivity contribution in [1.29, 1.82) is 0 Å². The van der Waals surface area contributed by atoms with Crippen molar-refractivity contribution >= 4 is 11.8 Å². The van der Waals surface area contributed by atoms with E-state index in [-0.39, 0.29) is 18.8 Å². The minimum atomic E-state index is -5.04. The summed E-state index contributed by atoms with van der Waals surface area (Å²) in [7, 11) is 2.57. The van der Waals surface area contributed by atoms with Crippen molar-refractivity contribution in [3.63, 3.8) is 0 Å². The van der Waals surface area contributed by atoms with Crippen molar-refractivity contribution in [3.8, 4) is 11.1 Å². The van der Waals surface area contributed by atoms with Gasteiger partial charge in [0, 0.05) is 32.7 Å². The molecule has 0 fully saturated rings. The Hall–Kier alpha value is -2.81. The third kappa shape index (κ3) is 4.88. The van der Waals surface area contributed by atoms with Gasteiger partial charge in [0.05, 0.1) is 6.26 Å². The van der Waals surface area contributed by atoms with Crippen LogP contribution in [-0.4, -0.2) is 66.2 Å². The summed E-state index contributed by atoms with van der Waals surface area (Å²) in [6.07, 6.45) is -6.75. The fourth-order valence-electron chi connectivity index (χ4n) is 2.35. The normalized spacial score (nSPS) is 12.5. The maximum atomic E-state index is 12.6. The molecule has 0 radical (unpaired) electrons. The number of amides is 2. The Bertz CT molecular complexity index is 789. The fraction of sp³-hybridized carbons (Fsp3) is 0.333. The number of aliphatic hydroxyl groups is 1. The predicted molar refractivity (Wildman–Crippen MR) is 90.8 cm³/mol. The van der Waals surface area contributed by atoms with E-state index in [4.69, 9.17) is 9.52 Å². The number of likely N-dealkylation sites (N-methyl/N-ethyl adjacent to an activating group) is 2. The Kier molecular flexibility index (Phi) is 6.27. The molecular weight excluding hydrogens is 365 g/mol. The number of nitrogens with zero attached hydrogens (tertiary/aromatic N) is 2. The summed E-state index contributed by atoms with van der Waals surface area (Å²) in [5, 5.41) is 9.00. The molecule has 2 aromatic rings. The number of aliphatic hydroxyl groups excluding tert-OH is 1. The molecule has 0 aliphatic rings. The van der Waals surface area contributed by atoms with Gasteiger partial charge in [0.1, 0.15) is 0 Å². The zero-order valence-electron chi connectivity index (χ0n) is 14.7. The summed E-state index contributed by atoms with van der Waals surface area (Å²) in [5.74, 6) is -1.87. The van der Waals surface area contributed by atoms with Crippen molar-refractivity contribution in [2.75, 3.05) is 27.2 Å². The molecule has 27 heavy (non-hydrogen) atoms. The lowest BCUT2D eigenvalue weighted by atomic mass is 10.1. The van der Waals surface area contributed by atoms with Crippen LogP contribution in [0.15, 0.2) is 47.1 Å². The molecule has 0 saturated heterocycles. The highest BCUT2D eigenvalue weighted by Gasteiger charge is 2.44. The summed E-state index contributed by atoms with van der Waals surface area (Å²) in [6.45, 7) is -0.226. The van der Waals surface area contributed by atoms with Crippen LogP contribution in [0.25, 0.3) is 11.1 Å². The van der Waals surface area contributed by atoms with Gasteiger partial charge in [-0.1, -0.05) is 30.3 Å². The van der Waals surface area contributed by atoms with Crippen molar-refractivity contribution in [2.24, 2.45) is 0 Å². The van der Waals surface area contributed by atoms with Crippen LogP contribution in [0, 0.1) is 0 Å². The Labute approximate surface area is 153 Å². The van der Waals surface area contributed by atoms with Crippen LogP contribution < -0.4 is 0 Å². The standard InChI is InChI=1S/C18H19F3N2O4/c1-22(9-10-23(2)17(26)15(24)18(19,20)21)16(25)14-13(8-11-27-14)12-6-4-3-5-7-12/h3-8,11,15,24H,9-10H2,1-2H3. The van der Waals surface area contributed by atoms with Gasteiger partial charge >= 0.3 is 6.18 Å². The predicted octanol–water partition coefficient (Wildman–Crippen LogP) is 2.40. The number of hydrogen-bond donors (Lipinski definition) is 1. The first-order chi connectivity index (χ1) is 12.6. The Morgan fingerprint density at radius 3 is 2.26 bits per heavy atom. The molecule has 1 heterocycles. The average Bonchev–Trinajstić information content (AvgIpc) is 3.13. The van der Waals surface area contributed by atoms with Crippen LogP contribution in [0.5, 0.6) is 0 Å². The van der Waals surface area contributed by atoms with E-state index in [9.17, 15) is 22.8 Å². The molecule has 2 rings (SSSR count). The van der Waals surface area contributed by atoms with E-state index in [2.05, 4.69) is 0 Å². The lowest BCUT2D eigenvalue weighted by Gasteiger charge is -2.24.